The molecule has 0 aliphatic carbocycles. The van der Waals surface area contributed by atoms with Crippen LogP contribution in [-0.2, 0) is 6.42 Å². The molecule has 1 atom stereocenters. The van der Waals surface area contributed by atoms with Crippen LogP contribution in [0.2, 0.25) is 0 Å². The van der Waals surface area contributed by atoms with Crippen molar-refractivity contribution >= 4 is 0 Å². The second kappa shape index (κ2) is 8.15. The average molecular weight is 249 g/mol. The number of aryl methyl sites for hydroxylation is 1. The molecule has 1 aromatic rings. The second-order valence-corrected chi connectivity index (χ2v) is 4.97. The lowest BCUT2D eigenvalue weighted by atomic mass is 10.0. The van der Waals surface area contributed by atoms with E-state index in [1.54, 1.807) is 7.11 Å². The first-order valence-electron chi connectivity index (χ1n) is 7.08. The lowest BCUT2D eigenvalue weighted by molar-refractivity contribution is 0.408. The monoisotopic (exact) mass is 249 g/mol. The molecule has 0 fully saturated rings. The van der Waals surface area contributed by atoms with E-state index in [0.29, 0.717) is 12.1 Å². The molecule has 18 heavy (non-hydrogen) atoms. The van der Waals surface area contributed by atoms with Crippen LogP contribution in [0.15, 0.2) is 24.3 Å². The molecule has 0 bridgehead atoms. The van der Waals surface area contributed by atoms with Gasteiger partial charge in [-0.1, -0.05) is 26.0 Å². The number of hydrogen-bond donors (Lipinski definition) is 1. The molecular formula is C16H27NO. The topological polar surface area (TPSA) is 21.3 Å². The van der Waals surface area contributed by atoms with Gasteiger partial charge in [-0.3, -0.25) is 0 Å². The summed E-state index contributed by atoms with van der Waals surface area (Å²) in [7, 11) is 1.70. The van der Waals surface area contributed by atoms with Crippen LogP contribution >= 0.6 is 0 Å². The first-order valence-corrected chi connectivity index (χ1v) is 7.08. The van der Waals surface area contributed by atoms with Gasteiger partial charge < -0.3 is 10.1 Å². The van der Waals surface area contributed by atoms with E-state index in [2.05, 4.69) is 38.2 Å². The Balaban J connectivity index is 2.34. The predicted octanol–water partition coefficient (Wildman–Crippen LogP) is 3.79. The molecule has 1 N–H and O–H groups in total. The number of benzene rings is 1. The normalized spacial score (nSPS) is 12.7. The molecule has 102 valence electrons. The Kier molecular flexibility index (Phi) is 6.81. The van der Waals surface area contributed by atoms with Gasteiger partial charge in [0.1, 0.15) is 5.75 Å². The standard InChI is InChI=1S/C16H27NO/c1-5-15(6-2)17-13(3)7-8-14-9-11-16(18-4)12-10-14/h9-13,15,17H,5-8H2,1-4H3. The highest BCUT2D eigenvalue weighted by Gasteiger charge is 2.08. The van der Waals surface area contributed by atoms with Crippen molar-refractivity contribution in [3.63, 3.8) is 0 Å². The Hall–Kier alpha value is -1.02. The number of methoxy groups -OCH3 is 1. The quantitative estimate of drug-likeness (QED) is 0.756. The second-order valence-electron chi connectivity index (χ2n) is 4.97. The molecule has 1 unspecified atom stereocenters. The van der Waals surface area contributed by atoms with Gasteiger partial charge in [-0.25, -0.2) is 0 Å². The third-order valence-corrected chi connectivity index (χ3v) is 3.53. The highest BCUT2D eigenvalue weighted by atomic mass is 16.5. The Morgan fingerprint density at radius 1 is 1.11 bits per heavy atom. The smallest absolute Gasteiger partial charge is 0.118 e. The Morgan fingerprint density at radius 2 is 1.72 bits per heavy atom. The van der Waals surface area contributed by atoms with Gasteiger partial charge in [0.15, 0.2) is 0 Å². The zero-order valence-corrected chi connectivity index (χ0v) is 12.2. The largest absolute Gasteiger partial charge is 0.497 e. The van der Waals surface area contributed by atoms with Gasteiger partial charge in [0.05, 0.1) is 7.11 Å². The molecule has 0 radical (unpaired) electrons. The Bertz CT molecular complexity index is 316. The van der Waals surface area contributed by atoms with Crippen LogP contribution in [0.25, 0.3) is 0 Å². The maximum Gasteiger partial charge on any atom is 0.118 e. The first-order chi connectivity index (χ1) is 8.69. The summed E-state index contributed by atoms with van der Waals surface area (Å²) in [6.45, 7) is 6.77. The Labute approximate surface area is 112 Å². The van der Waals surface area contributed by atoms with Crippen LogP contribution < -0.4 is 10.1 Å². The van der Waals surface area contributed by atoms with Crippen molar-refractivity contribution in [3.05, 3.63) is 29.8 Å². The van der Waals surface area contributed by atoms with Crippen molar-refractivity contribution in [1.29, 1.82) is 0 Å². The fraction of sp³-hybridized carbons (Fsp3) is 0.625. The summed E-state index contributed by atoms with van der Waals surface area (Å²) in [6.07, 6.45) is 4.73. The summed E-state index contributed by atoms with van der Waals surface area (Å²) >= 11 is 0. The predicted molar refractivity (Wildman–Crippen MR) is 78.3 cm³/mol. The molecule has 0 aliphatic heterocycles. The fourth-order valence-corrected chi connectivity index (χ4v) is 2.19. The molecule has 1 rings (SSSR count). The average Bonchev–Trinajstić information content (AvgIpc) is 2.43. The molecule has 0 aliphatic rings. The molecular weight excluding hydrogens is 222 g/mol. The van der Waals surface area contributed by atoms with Crippen molar-refractivity contribution in [3.8, 4) is 5.75 Å². The first kappa shape index (κ1) is 15.0. The molecule has 0 saturated carbocycles. The summed E-state index contributed by atoms with van der Waals surface area (Å²) in [6, 6.07) is 9.63. The summed E-state index contributed by atoms with van der Waals surface area (Å²) in [5.74, 6) is 0.932. The van der Waals surface area contributed by atoms with Gasteiger partial charge in [-0.05, 0) is 50.3 Å². The van der Waals surface area contributed by atoms with E-state index in [1.165, 1.54) is 24.8 Å². The third kappa shape index (κ3) is 5.09. The number of rotatable bonds is 8. The molecule has 2 heteroatoms. The highest BCUT2D eigenvalue weighted by molar-refractivity contribution is 5.27. The molecule has 0 heterocycles. The molecule has 0 aromatic heterocycles. The van der Waals surface area contributed by atoms with Gasteiger partial charge in [0.25, 0.3) is 0 Å². The zero-order valence-electron chi connectivity index (χ0n) is 12.2. The molecule has 2 nitrogen and oxygen atoms in total. The summed E-state index contributed by atoms with van der Waals surface area (Å²) in [5.41, 5.74) is 1.38. The SMILES string of the molecule is CCC(CC)NC(C)CCc1ccc(OC)cc1. The maximum absolute atomic E-state index is 5.16. The van der Waals surface area contributed by atoms with Crippen LogP contribution in [0.4, 0.5) is 0 Å². The lowest BCUT2D eigenvalue weighted by Crippen LogP contribution is -2.35. The van der Waals surface area contributed by atoms with E-state index in [1.807, 2.05) is 12.1 Å². The lowest BCUT2D eigenvalue weighted by Gasteiger charge is -2.21. The van der Waals surface area contributed by atoms with Crippen molar-refractivity contribution in [2.45, 2.75) is 58.5 Å². The van der Waals surface area contributed by atoms with Crippen LogP contribution in [0.1, 0.15) is 45.6 Å². The van der Waals surface area contributed by atoms with E-state index in [0.717, 1.165) is 12.2 Å². The van der Waals surface area contributed by atoms with Gasteiger partial charge in [-0.15, -0.1) is 0 Å². The van der Waals surface area contributed by atoms with E-state index >= 15 is 0 Å². The minimum atomic E-state index is 0.581. The molecule has 0 saturated heterocycles. The summed E-state index contributed by atoms with van der Waals surface area (Å²) < 4.78 is 5.16. The molecule has 1 aromatic carbocycles. The number of nitrogens with one attached hydrogen (secondary N) is 1. The van der Waals surface area contributed by atoms with Gasteiger partial charge in [0, 0.05) is 12.1 Å². The number of ether oxygens (including phenoxy) is 1. The maximum atomic E-state index is 5.16. The van der Waals surface area contributed by atoms with E-state index in [4.69, 9.17) is 4.74 Å². The van der Waals surface area contributed by atoms with E-state index in [9.17, 15) is 0 Å². The van der Waals surface area contributed by atoms with E-state index in [-0.39, 0.29) is 0 Å². The van der Waals surface area contributed by atoms with Crippen molar-refractivity contribution in [2.75, 3.05) is 7.11 Å². The number of hydrogen-bond acceptors (Lipinski definition) is 2. The summed E-state index contributed by atoms with van der Waals surface area (Å²) in [4.78, 5) is 0. The van der Waals surface area contributed by atoms with Crippen molar-refractivity contribution in [1.82, 2.24) is 5.32 Å². The van der Waals surface area contributed by atoms with E-state index < -0.39 is 0 Å². The fourth-order valence-electron chi connectivity index (χ4n) is 2.19. The molecule has 0 spiro atoms. The minimum absolute atomic E-state index is 0.581. The molecule has 0 amide bonds. The van der Waals surface area contributed by atoms with Gasteiger partial charge in [0.2, 0.25) is 0 Å². The van der Waals surface area contributed by atoms with Crippen LogP contribution in [0.5, 0.6) is 5.75 Å². The van der Waals surface area contributed by atoms with Crippen LogP contribution in [0, 0.1) is 0 Å². The highest BCUT2D eigenvalue weighted by Crippen LogP contribution is 2.13. The summed E-state index contributed by atoms with van der Waals surface area (Å²) in [5, 5.41) is 3.68. The third-order valence-electron chi connectivity index (χ3n) is 3.53. The van der Waals surface area contributed by atoms with Crippen LogP contribution in [0.3, 0.4) is 0 Å². The van der Waals surface area contributed by atoms with Crippen LogP contribution in [-0.4, -0.2) is 19.2 Å². The zero-order chi connectivity index (χ0) is 13.4. The minimum Gasteiger partial charge on any atom is -0.497 e. The van der Waals surface area contributed by atoms with Gasteiger partial charge in [-0.2, -0.15) is 0 Å². The van der Waals surface area contributed by atoms with Gasteiger partial charge >= 0.3 is 0 Å². The van der Waals surface area contributed by atoms with Crippen molar-refractivity contribution < 1.29 is 4.74 Å². The van der Waals surface area contributed by atoms with Crippen molar-refractivity contribution in [2.24, 2.45) is 0 Å². The Morgan fingerprint density at radius 3 is 2.22 bits per heavy atom.